The number of piperazine rings is 1. The molecule has 1 aromatic heterocycles. The van der Waals surface area contributed by atoms with Gasteiger partial charge in [-0.3, -0.25) is 4.48 Å². The van der Waals surface area contributed by atoms with Gasteiger partial charge in [0.1, 0.15) is 0 Å². The maximum atomic E-state index is 4.61. The van der Waals surface area contributed by atoms with Gasteiger partial charge < -0.3 is 5.32 Å². The molecule has 0 atom stereocenters. The van der Waals surface area contributed by atoms with Crippen molar-refractivity contribution in [3.05, 3.63) is 23.9 Å². The van der Waals surface area contributed by atoms with Crippen molar-refractivity contribution in [2.24, 2.45) is 0 Å². The number of nitrogens with one attached hydrogen (secondary N) is 1. The Balaban J connectivity index is 0.00000112. The molecule has 0 unspecified atom stereocenters. The van der Waals surface area contributed by atoms with Gasteiger partial charge in [0.15, 0.2) is 0 Å². The first kappa shape index (κ1) is 15.7. The van der Waals surface area contributed by atoms with E-state index in [2.05, 4.69) is 42.5 Å². The van der Waals surface area contributed by atoms with Gasteiger partial charge in [-0.15, -0.1) is 24.8 Å². The number of aryl methyl sites for hydroxylation is 1. The monoisotopic (exact) mass is 264 g/mol. The van der Waals surface area contributed by atoms with Crippen LogP contribution < -0.4 is 9.80 Å². The first-order valence-electron chi connectivity index (χ1n) is 5.20. The summed E-state index contributed by atoms with van der Waals surface area (Å²) in [6.07, 6.45) is 0. The minimum Gasteiger partial charge on any atom is -0.306 e. The zero-order chi connectivity index (χ0) is 10.0. The molecule has 0 amide bonds. The van der Waals surface area contributed by atoms with Gasteiger partial charge in [0.25, 0.3) is 0 Å². The molecule has 1 aliphatic heterocycles. The van der Waals surface area contributed by atoms with E-state index >= 15 is 0 Å². The summed E-state index contributed by atoms with van der Waals surface area (Å²) in [5.41, 5.74) is 1.11. The number of hydrogen-bond acceptors (Lipinski definition) is 2. The van der Waals surface area contributed by atoms with Crippen LogP contribution in [-0.4, -0.2) is 38.2 Å². The van der Waals surface area contributed by atoms with Crippen molar-refractivity contribution in [2.45, 2.75) is 6.92 Å². The molecule has 3 nitrogen and oxygen atoms in total. The molecule has 0 radical (unpaired) electrons. The van der Waals surface area contributed by atoms with Crippen molar-refractivity contribution >= 4 is 30.6 Å². The number of aromatic nitrogens is 1. The summed E-state index contributed by atoms with van der Waals surface area (Å²) < 4.78 is 0.967. The molecule has 1 aromatic rings. The van der Waals surface area contributed by atoms with Crippen LogP contribution in [0.3, 0.4) is 0 Å². The lowest BCUT2D eigenvalue weighted by Crippen LogP contribution is -2.57. The van der Waals surface area contributed by atoms with Crippen molar-refractivity contribution in [2.75, 3.05) is 33.2 Å². The van der Waals surface area contributed by atoms with Crippen LogP contribution >= 0.6 is 24.8 Å². The highest BCUT2D eigenvalue weighted by molar-refractivity contribution is 5.85. The molecule has 0 saturated carbocycles. The van der Waals surface area contributed by atoms with E-state index in [1.807, 2.05) is 0 Å². The van der Waals surface area contributed by atoms with Crippen LogP contribution in [0.25, 0.3) is 0 Å². The quantitative estimate of drug-likeness (QED) is 0.783. The summed E-state index contributed by atoms with van der Waals surface area (Å²) in [6, 6.07) is 6.29. The van der Waals surface area contributed by atoms with Crippen LogP contribution in [0.5, 0.6) is 0 Å². The number of nitrogens with zero attached hydrogens (tertiary/aromatic N) is 2. The summed E-state index contributed by atoms with van der Waals surface area (Å²) in [4.78, 5) is 4.61. The van der Waals surface area contributed by atoms with E-state index in [-0.39, 0.29) is 24.8 Å². The van der Waals surface area contributed by atoms with Gasteiger partial charge in [-0.05, 0) is 13.0 Å². The Bertz CT molecular complexity index is 325. The highest BCUT2D eigenvalue weighted by Crippen LogP contribution is 2.18. The Hall–Kier alpha value is -0.350. The number of quaternary nitrogens is 1. The second-order valence-corrected chi connectivity index (χ2v) is 4.23. The molecule has 16 heavy (non-hydrogen) atoms. The van der Waals surface area contributed by atoms with Gasteiger partial charge >= 0.3 is 0 Å². The summed E-state index contributed by atoms with van der Waals surface area (Å²) in [7, 11) is 2.27. The van der Waals surface area contributed by atoms with Crippen LogP contribution in [0.2, 0.25) is 0 Å². The molecule has 5 heteroatoms. The van der Waals surface area contributed by atoms with Gasteiger partial charge in [-0.25, -0.2) is 4.98 Å². The van der Waals surface area contributed by atoms with Crippen LogP contribution in [0.4, 0.5) is 5.82 Å². The van der Waals surface area contributed by atoms with Crippen molar-refractivity contribution in [1.29, 1.82) is 0 Å². The fourth-order valence-corrected chi connectivity index (χ4v) is 1.95. The lowest BCUT2D eigenvalue weighted by atomic mass is 10.2. The van der Waals surface area contributed by atoms with Crippen molar-refractivity contribution < 1.29 is 0 Å². The Labute approximate surface area is 110 Å². The second-order valence-electron chi connectivity index (χ2n) is 4.23. The molecule has 0 aliphatic carbocycles. The molecule has 0 spiro atoms. The second kappa shape index (κ2) is 6.40. The third-order valence-electron chi connectivity index (χ3n) is 2.99. The molecular formula is C11H20Cl2N3+. The van der Waals surface area contributed by atoms with Gasteiger partial charge in [0.05, 0.1) is 20.1 Å². The summed E-state index contributed by atoms with van der Waals surface area (Å²) in [6.45, 7) is 6.50. The highest BCUT2D eigenvalue weighted by atomic mass is 35.5. The van der Waals surface area contributed by atoms with Gasteiger partial charge in [-0.1, -0.05) is 6.07 Å². The first-order chi connectivity index (χ1) is 6.71. The summed E-state index contributed by atoms with van der Waals surface area (Å²) >= 11 is 0. The van der Waals surface area contributed by atoms with E-state index in [9.17, 15) is 0 Å². The smallest absolute Gasteiger partial charge is 0.227 e. The Morgan fingerprint density at radius 1 is 1.19 bits per heavy atom. The van der Waals surface area contributed by atoms with Crippen molar-refractivity contribution in [3.63, 3.8) is 0 Å². The largest absolute Gasteiger partial charge is 0.306 e. The van der Waals surface area contributed by atoms with E-state index in [0.29, 0.717) is 0 Å². The third-order valence-corrected chi connectivity index (χ3v) is 2.99. The van der Waals surface area contributed by atoms with E-state index in [1.54, 1.807) is 0 Å². The lowest BCUT2D eigenvalue weighted by Gasteiger charge is -2.36. The molecule has 1 N–H and O–H groups in total. The van der Waals surface area contributed by atoms with Crippen LogP contribution in [-0.2, 0) is 0 Å². The van der Waals surface area contributed by atoms with Gasteiger partial charge in [-0.2, -0.15) is 0 Å². The standard InChI is InChI=1S/C11H18N3.2ClH/c1-10-4-3-5-11(13-10)14(2)8-6-12-7-9-14;;/h3-5,12H,6-9H2,1-2H3;2*1H/q+1;;. The predicted octanol–water partition coefficient (Wildman–Crippen LogP) is 1.77. The molecule has 1 aliphatic rings. The third kappa shape index (κ3) is 3.32. The fraction of sp³-hybridized carbons (Fsp3) is 0.545. The zero-order valence-electron chi connectivity index (χ0n) is 9.77. The average Bonchev–Trinajstić information content (AvgIpc) is 2.19. The zero-order valence-corrected chi connectivity index (χ0v) is 11.4. The highest BCUT2D eigenvalue weighted by Gasteiger charge is 2.28. The minimum absolute atomic E-state index is 0. The van der Waals surface area contributed by atoms with E-state index < -0.39 is 0 Å². The van der Waals surface area contributed by atoms with E-state index in [1.165, 1.54) is 5.82 Å². The Morgan fingerprint density at radius 3 is 2.38 bits per heavy atom. The van der Waals surface area contributed by atoms with Gasteiger partial charge in [0, 0.05) is 24.8 Å². The first-order valence-corrected chi connectivity index (χ1v) is 5.20. The normalized spacial score (nSPS) is 18.1. The number of hydrogen-bond donors (Lipinski definition) is 1. The molecule has 92 valence electrons. The number of rotatable bonds is 1. The van der Waals surface area contributed by atoms with Crippen molar-refractivity contribution in [1.82, 2.24) is 14.8 Å². The molecular weight excluding hydrogens is 245 g/mol. The molecule has 1 fully saturated rings. The summed E-state index contributed by atoms with van der Waals surface area (Å²) in [5.74, 6) is 1.20. The fourth-order valence-electron chi connectivity index (χ4n) is 1.95. The molecule has 2 heterocycles. The summed E-state index contributed by atoms with van der Waals surface area (Å²) in [5, 5.41) is 3.38. The Morgan fingerprint density at radius 2 is 1.81 bits per heavy atom. The van der Waals surface area contributed by atoms with E-state index in [0.717, 1.165) is 36.4 Å². The maximum absolute atomic E-state index is 4.61. The topological polar surface area (TPSA) is 24.9 Å². The Kier molecular flexibility index (Phi) is 6.26. The predicted molar refractivity (Wildman–Crippen MR) is 73.8 cm³/mol. The van der Waals surface area contributed by atoms with Crippen LogP contribution in [0, 0.1) is 6.92 Å². The van der Waals surface area contributed by atoms with E-state index in [4.69, 9.17) is 0 Å². The SMILES string of the molecule is Cc1cccc([N+]2(C)CCNCC2)n1.Cl.Cl. The lowest BCUT2D eigenvalue weighted by molar-refractivity contribution is 0.281. The average molecular weight is 265 g/mol. The molecule has 0 aromatic carbocycles. The van der Waals surface area contributed by atoms with Crippen molar-refractivity contribution in [3.8, 4) is 0 Å². The number of halogens is 2. The number of likely N-dealkylation sites (N-methyl/N-ethyl adjacent to an activating group) is 1. The maximum Gasteiger partial charge on any atom is 0.227 e. The molecule has 0 bridgehead atoms. The van der Waals surface area contributed by atoms with Gasteiger partial charge in [0.2, 0.25) is 5.82 Å². The number of pyridine rings is 1. The molecule has 1 saturated heterocycles. The molecule has 2 rings (SSSR count). The van der Waals surface area contributed by atoms with Crippen LogP contribution in [0.1, 0.15) is 5.69 Å². The van der Waals surface area contributed by atoms with Crippen LogP contribution in [0.15, 0.2) is 18.2 Å². The minimum atomic E-state index is 0.